The van der Waals surface area contributed by atoms with E-state index in [0.29, 0.717) is 36.8 Å². The fourth-order valence-electron chi connectivity index (χ4n) is 1.77. The molecule has 3 heterocycles. The summed E-state index contributed by atoms with van der Waals surface area (Å²) in [5.74, 6) is 1.18. The van der Waals surface area contributed by atoms with Gasteiger partial charge in [0.25, 0.3) is 0 Å². The minimum atomic E-state index is 0.381. The van der Waals surface area contributed by atoms with Crippen molar-refractivity contribution in [2.75, 3.05) is 5.32 Å². The summed E-state index contributed by atoms with van der Waals surface area (Å²) < 4.78 is 1.68. The molecule has 0 fully saturated rings. The summed E-state index contributed by atoms with van der Waals surface area (Å²) in [6, 6.07) is 2.08. The summed E-state index contributed by atoms with van der Waals surface area (Å²) >= 11 is 0. The Bertz CT molecular complexity index is 737. The van der Waals surface area contributed by atoms with Crippen LogP contribution in [0.1, 0.15) is 12.2 Å². The van der Waals surface area contributed by atoms with Gasteiger partial charge in [-0.25, -0.2) is 14.6 Å². The van der Waals surface area contributed by atoms with Crippen LogP contribution in [-0.2, 0) is 13.1 Å². The summed E-state index contributed by atoms with van der Waals surface area (Å²) in [6.45, 7) is 0.896. The first-order valence-corrected chi connectivity index (χ1v) is 5.88. The molecule has 0 aliphatic rings. The molecular weight excluding hydrogens is 260 g/mol. The van der Waals surface area contributed by atoms with Gasteiger partial charge in [-0.1, -0.05) is 5.21 Å². The molecule has 0 spiro atoms. The predicted molar refractivity (Wildman–Crippen MR) is 67.1 cm³/mol. The Labute approximate surface area is 112 Å². The van der Waals surface area contributed by atoms with Gasteiger partial charge in [-0.05, 0) is 0 Å². The highest BCUT2D eigenvalue weighted by atomic mass is 15.5. The second-order valence-corrected chi connectivity index (χ2v) is 3.92. The van der Waals surface area contributed by atoms with Crippen molar-refractivity contribution in [2.45, 2.75) is 19.5 Å². The van der Waals surface area contributed by atoms with Gasteiger partial charge >= 0.3 is 0 Å². The molecule has 0 radical (unpaired) electrons. The Morgan fingerprint density at radius 3 is 3.15 bits per heavy atom. The van der Waals surface area contributed by atoms with Crippen molar-refractivity contribution in [3.63, 3.8) is 0 Å². The van der Waals surface area contributed by atoms with E-state index in [1.807, 2.05) is 0 Å². The molecule has 0 atom stereocenters. The summed E-state index contributed by atoms with van der Waals surface area (Å²) in [7, 11) is 0. The fraction of sp³-hybridized carbons (Fsp3) is 0.300. The number of anilines is 1. The molecule has 100 valence electrons. The van der Waals surface area contributed by atoms with Crippen LogP contribution < -0.4 is 5.32 Å². The number of hydrogen-bond acceptors (Lipinski definition) is 8. The second kappa shape index (κ2) is 5.27. The topological polar surface area (TPSA) is 134 Å². The van der Waals surface area contributed by atoms with Crippen LogP contribution in [0.25, 0.3) is 11.0 Å². The van der Waals surface area contributed by atoms with Crippen LogP contribution in [0.5, 0.6) is 0 Å². The number of fused-ring (bicyclic) bond motifs is 1. The smallest absolute Gasteiger partial charge is 0.193 e. The van der Waals surface area contributed by atoms with Gasteiger partial charge in [-0.3, -0.25) is 0 Å². The minimum Gasteiger partial charge on any atom is -0.362 e. The number of nitrogens with zero attached hydrogens (tertiary/aromatic N) is 8. The van der Waals surface area contributed by atoms with Crippen LogP contribution >= 0.6 is 0 Å². The van der Waals surface area contributed by atoms with Gasteiger partial charge in [0.2, 0.25) is 0 Å². The summed E-state index contributed by atoms with van der Waals surface area (Å²) in [5, 5.41) is 30.3. The first-order valence-electron chi connectivity index (χ1n) is 5.88. The van der Waals surface area contributed by atoms with Crippen molar-refractivity contribution in [3.8, 4) is 6.07 Å². The Hall–Kier alpha value is -3.09. The van der Waals surface area contributed by atoms with Crippen molar-refractivity contribution < 1.29 is 0 Å². The number of nitrogens with one attached hydrogen (secondary N) is 2. The van der Waals surface area contributed by atoms with E-state index in [1.54, 1.807) is 10.9 Å². The standard InChI is InChI=1S/C10H10N10/c11-2-1-3-20-10-7(4-15-20)9(13-6-14-10)12-5-8-16-18-19-17-8/h4,6H,1,3,5H2,(H,12,13,14)(H,16,17,18,19). The average molecular weight is 270 g/mol. The van der Waals surface area contributed by atoms with E-state index in [1.165, 1.54) is 6.33 Å². The summed E-state index contributed by atoms with van der Waals surface area (Å²) in [6.07, 6.45) is 3.50. The number of tetrazole rings is 1. The molecule has 0 saturated carbocycles. The van der Waals surface area contributed by atoms with Crippen LogP contribution in [0.4, 0.5) is 5.82 Å². The zero-order chi connectivity index (χ0) is 13.8. The van der Waals surface area contributed by atoms with Gasteiger partial charge in [0, 0.05) is 0 Å². The normalized spacial score (nSPS) is 10.6. The lowest BCUT2D eigenvalue weighted by Crippen LogP contribution is -2.05. The van der Waals surface area contributed by atoms with Gasteiger partial charge < -0.3 is 5.32 Å². The number of aryl methyl sites for hydroxylation is 1. The molecule has 0 bridgehead atoms. The zero-order valence-corrected chi connectivity index (χ0v) is 10.4. The molecule has 3 rings (SSSR count). The first-order chi connectivity index (χ1) is 9.88. The van der Waals surface area contributed by atoms with Gasteiger partial charge in [-0.2, -0.15) is 15.6 Å². The molecule has 3 aromatic rings. The number of aromatic nitrogens is 8. The van der Waals surface area contributed by atoms with Gasteiger partial charge in [0.15, 0.2) is 11.5 Å². The molecular formula is C10H10N10. The third-order valence-electron chi connectivity index (χ3n) is 2.67. The van der Waals surface area contributed by atoms with Crippen molar-refractivity contribution in [2.24, 2.45) is 0 Å². The van der Waals surface area contributed by atoms with Crippen LogP contribution in [0.3, 0.4) is 0 Å². The number of rotatable bonds is 5. The Balaban J connectivity index is 1.84. The van der Waals surface area contributed by atoms with Gasteiger partial charge in [-0.15, -0.1) is 10.2 Å². The third kappa shape index (κ3) is 2.24. The highest BCUT2D eigenvalue weighted by Gasteiger charge is 2.10. The second-order valence-electron chi connectivity index (χ2n) is 3.92. The van der Waals surface area contributed by atoms with Crippen molar-refractivity contribution in [3.05, 3.63) is 18.3 Å². The first kappa shape index (κ1) is 12.0. The van der Waals surface area contributed by atoms with Crippen molar-refractivity contribution in [1.29, 1.82) is 5.26 Å². The minimum absolute atomic E-state index is 0.381. The van der Waals surface area contributed by atoms with Gasteiger partial charge in [0.05, 0.1) is 37.2 Å². The molecule has 0 aliphatic carbocycles. The lowest BCUT2D eigenvalue weighted by Gasteiger charge is -2.04. The summed E-state index contributed by atoms with van der Waals surface area (Å²) in [4.78, 5) is 8.36. The number of aromatic amines is 1. The van der Waals surface area contributed by atoms with Crippen molar-refractivity contribution in [1.82, 2.24) is 40.4 Å². The molecule has 20 heavy (non-hydrogen) atoms. The van der Waals surface area contributed by atoms with Crippen LogP contribution in [0.15, 0.2) is 12.5 Å². The molecule has 10 heteroatoms. The maximum Gasteiger partial charge on any atom is 0.193 e. The highest BCUT2D eigenvalue weighted by molar-refractivity contribution is 5.85. The molecule has 10 nitrogen and oxygen atoms in total. The average Bonchev–Trinajstić information content (AvgIpc) is 3.12. The SMILES string of the molecule is N#CCCn1ncc2c(NCc3nn[nH]n3)ncnc21. The Morgan fingerprint density at radius 1 is 1.40 bits per heavy atom. The number of hydrogen-bond donors (Lipinski definition) is 2. The molecule has 3 aromatic heterocycles. The maximum absolute atomic E-state index is 8.62. The van der Waals surface area contributed by atoms with E-state index >= 15 is 0 Å². The Morgan fingerprint density at radius 2 is 2.35 bits per heavy atom. The van der Waals surface area contributed by atoms with E-state index in [0.717, 1.165) is 5.39 Å². The Kier molecular flexibility index (Phi) is 3.15. The number of H-pyrrole nitrogens is 1. The third-order valence-corrected chi connectivity index (χ3v) is 2.67. The van der Waals surface area contributed by atoms with E-state index in [9.17, 15) is 0 Å². The van der Waals surface area contributed by atoms with E-state index in [4.69, 9.17) is 5.26 Å². The monoisotopic (exact) mass is 270 g/mol. The van der Waals surface area contributed by atoms with Crippen LogP contribution in [0.2, 0.25) is 0 Å². The maximum atomic E-state index is 8.62. The number of nitriles is 1. The predicted octanol–water partition coefficient (Wildman–Crippen LogP) is -0.135. The molecule has 2 N–H and O–H groups in total. The van der Waals surface area contributed by atoms with Crippen LogP contribution in [-0.4, -0.2) is 40.4 Å². The van der Waals surface area contributed by atoms with E-state index in [-0.39, 0.29) is 0 Å². The quantitative estimate of drug-likeness (QED) is 0.654. The van der Waals surface area contributed by atoms with Crippen molar-refractivity contribution >= 4 is 16.9 Å². The van der Waals surface area contributed by atoms with E-state index < -0.39 is 0 Å². The fourth-order valence-corrected chi connectivity index (χ4v) is 1.77. The van der Waals surface area contributed by atoms with E-state index in [2.05, 4.69) is 47.1 Å². The molecule has 0 aliphatic heterocycles. The highest BCUT2D eigenvalue weighted by Crippen LogP contribution is 2.18. The van der Waals surface area contributed by atoms with Crippen LogP contribution in [0, 0.1) is 11.3 Å². The van der Waals surface area contributed by atoms with Gasteiger partial charge in [0.1, 0.15) is 12.1 Å². The lowest BCUT2D eigenvalue weighted by atomic mass is 10.4. The molecule has 0 unspecified atom stereocenters. The summed E-state index contributed by atoms with van der Waals surface area (Å²) in [5.41, 5.74) is 0.686. The molecule has 0 amide bonds. The molecule has 0 saturated heterocycles. The molecule has 0 aromatic carbocycles. The largest absolute Gasteiger partial charge is 0.362 e. The zero-order valence-electron chi connectivity index (χ0n) is 10.4. The lowest BCUT2D eigenvalue weighted by molar-refractivity contribution is 0.643.